The quantitative estimate of drug-likeness (QED) is 0.629. The predicted octanol–water partition coefficient (Wildman–Crippen LogP) is 3.86. The predicted molar refractivity (Wildman–Crippen MR) is 113 cm³/mol. The topological polar surface area (TPSA) is 75.9 Å². The van der Waals surface area contributed by atoms with Crippen molar-refractivity contribution in [2.75, 3.05) is 25.5 Å². The van der Waals surface area contributed by atoms with Gasteiger partial charge in [0, 0.05) is 25.5 Å². The molecule has 0 fully saturated rings. The van der Waals surface area contributed by atoms with E-state index in [0.717, 1.165) is 18.6 Å². The summed E-state index contributed by atoms with van der Waals surface area (Å²) in [6.07, 6.45) is 3.65. The van der Waals surface area contributed by atoms with Gasteiger partial charge in [0.1, 0.15) is 5.75 Å². The van der Waals surface area contributed by atoms with Gasteiger partial charge >= 0.3 is 0 Å². The number of carbonyl (C=O) groups excluding carboxylic acids is 2. The molecule has 0 radical (unpaired) electrons. The smallest absolute Gasteiger partial charge is 0.292 e. The number of ether oxygens (including phenoxy) is 1. The molecular weight excluding hydrogens is 368 g/mol. The van der Waals surface area contributed by atoms with Gasteiger partial charge in [-0.3, -0.25) is 14.0 Å². The normalized spacial score (nSPS) is 10.7. The number of rotatable bonds is 8. The molecule has 7 heteroatoms. The number of benzene rings is 1. The molecule has 0 aliphatic rings. The van der Waals surface area contributed by atoms with Crippen molar-refractivity contribution in [1.82, 2.24) is 14.3 Å². The fraction of sp³-hybridized carbons (Fsp3) is 0.318. The van der Waals surface area contributed by atoms with Crippen LogP contribution in [0.3, 0.4) is 0 Å². The Morgan fingerprint density at radius 2 is 1.90 bits per heavy atom. The zero-order valence-electron chi connectivity index (χ0n) is 17.0. The minimum absolute atomic E-state index is 0.168. The fourth-order valence-corrected chi connectivity index (χ4v) is 3.02. The van der Waals surface area contributed by atoms with E-state index in [-0.39, 0.29) is 23.3 Å². The van der Waals surface area contributed by atoms with E-state index in [1.54, 1.807) is 58.9 Å². The van der Waals surface area contributed by atoms with Crippen molar-refractivity contribution in [2.45, 2.75) is 26.7 Å². The number of amides is 2. The van der Waals surface area contributed by atoms with Crippen molar-refractivity contribution in [3.05, 3.63) is 60.2 Å². The van der Waals surface area contributed by atoms with Crippen LogP contribution >= 0.6 is 0 Å². The summed E-state index contributed by atoms with van der Waals surface area (Å²) in [5.41, 5.74) is 1.51. The Morgan fingerprint density at radius 3 is 2.59 bits per heavy atom. The minimum Gasteiger partial charge on any atom is -0.494 e. The largest absolute Gasteiger partial charge is 0.494 e. The lowest BCUT2D eigenvalue weighted by Crippen LogP contribution is -2.28. The number of unbranched alkanes of at least 4 members (excludes halogenated alkanes) is 1. The van der Waals surface area contributed by atoms with Gasteiger partial charge in [-0.05, 0) is 49.7 Å². The Hall–Kier alpha value is -3.35. The number of imidazole rings is 1. The fourth-order valence-electron chi connectivity index (χ4n) is 3.02. The second-order valence-corrected chi connectivity index (χ2v) is 6.73. The monoisotopic (exact) mass is 394 g/mol. The molecule has 2 aromatic heterocycles. The molecule has 3 aromatic rings. The van der Waals surface area contributed by atoms with Crippen LogP contribution in [0.5, 0.6) is 5.75 Å². The molecule has 0 saturated carbocycles. The number of carbonyl (C=O) groups is 2. The first-order valence-electron chi connectivity index (χ1n) is 9.81. The number of hydrogen-bond acceptors (Lipinski definition) is 4. The highest BCUT2D eigenvalue weighted by atomic mass is 16.5. The van der Waals surface area contributed by atoms with Crippen LogP contribution in [0.15, 0.2) is 48.7 Å². The number of pyridine rings is 1. The van der Waals surface area contributed by atoms with Crippen molar-refractivity contribution >= 4 is 23.0 Å². The highest BCUT2D eigenvalue weighted by Gasteiger charge is 2.23. The Labute approximate surface area is 170 Å². The lowest BCUT2D eigenvalue weighted by Gasteiger charge is -2.15. The summed E-state index contributed by atoms with van der Waals surface area (Å²) in [5, 5.41) is 2.83. The molecule has 0 aliphatic heterocycles. The summed E-state index contributed by atoms with van der Waals surface area (Å²) in [7, 11) is 1.76. The summed E-state index contributed by atoms with van der Waals surface area (Å²) in [6.45, 7) is 5.22. The van der Waals surface area contributed by atoms with Gasteiger partial charge < -0.3 is 15.0 Å². The summed E-state index contributed by atoms with van der Waals surface area (Å²) in [5.74, 6) is 0.328. The number of nitrogens with one attached hydrogen (secondary N) is 1. The molecule has 2 amide bonds. The molecule has 3 rings (SSSR count). The van der Waals surface area contributed by atoms with Crippen LogP contribution in [0.25, 0.3) is 5.52 Å². The van der Waals surface area contributed by atoms with Gasteiger partial charge in [-0.1, -0.05) is 19.4 Å². The van der Waals surface area contributed by atoms with Crippen LogP contribution < -0.4 is 10.1 Å². The van der Waals surface area contributed by atoms with Crippen molar-refractivity contribution in [3.8, 4) is 5.75 Å². The van der Waals surface area contributed by atoms with E-state index in [2.05, 4.69) is 17.2 Å². The van der Waals surface area contributed by atoms with Gasteiger partial charge in [-0.15, -0.1) is 0 Å². The number of nitrogens with zero attached hydrogens (tertiary/aromatic N) is 3. The summed E-state index contributed by atoms with van der Waals surface area (Å²) in [4.78, 5) is 31.8. The molecule has 0 unspecified atom stereocenters. The van der Waals surface area contributed by atoms with E-state index >= 15 is 0 Å². The van der Waals surface area contributed by atoms with Crippen LogP contribution in [0.1, 0.15) is 47.8 Å². The Morgan fingerprint density at radius 1 is 1.14 bits per heavy atom. The van der Waals surface area contributed by atoms with E-state index in [9.17, 15) is 9.59 Å². The molecule has 1 aromatic carbocycles. The van der Waals surface area contributed by atoms with Gasteiger partial charge in [0.15, 0.2) is 5.69 Å². The van der Waals surface area contributed by atoms with E-state index in [1.165, 1.54) is 0 Å². The maximum absolute atomic E-state index is 12.9. The Kier molecular flexibility index (Phi) is 6.49. The van der Waals surface area contributed by atoms with Gasteiger partial charge in [0.05, 0.1) is 12.1 Å². The highest BCUT2D eigenvalue weighted by molar-refractivity contribution is 6.06. The maximum atomic E-state index is 12.9. The lowest BCUT2D eigenvalue weighted by molar-refractivity contribution is 0.0790. The number of hydrogen-bond donors (Lipinski definition) is 1. The zero-order chi connectivity index (χ0) is 20.8. The molecule has 1 N–H and O–H groups in total. The average molecular weight is 394 g/mol. The molecule has 0 spiro atoms. The molecule has 0 aliphatic carbocycles. The Bertz CT molecular complexity index is 995. The first-order valence-corrected chi connectivity index (χ1v) is 9.81. The number of fused-ring (bicyclic) bond motifs is 1. The molecular formula is C22H26N4O3. The second kappa shape index (κ2) is 9.23. The zero-order valence-corrected chi connectivity index (χ0v) is 17.0. The lowest BCUT2D eigenvalue weighted by atomic mass is 10.2. The van der Waals surface area contributed by atoms with Gasteiger partial charge in [-0.25, -0.2) is 4.98 Å². The average Bonchev–Trinajstić information content (AvgIpc) is 3.13. The third-order valence-electron chi connectivity index (χ3n) is 4.57. The van der Waals surface area contributed by atoms with Crippen LogP contribution in [-0.2, 0) is 0 Å². The number of anilines is 1. The minimum atomic E-state index is -0.384. The third kappa shape index (κ3) is 4.56. The third-order valence-corrected chi connectivity index (χ3v) is 4.57. The van der Waals surface area contributed by atoms with Crippen molar-refractivity contribution in [3.63, 3.8) is 0 Å². The maximum Gasteiger partial charge on any atom is 0.292 e. The van der Waals surface area contributed by atoms with E-state index in [1.807, 2.05) is 13.0 Å². The second-order valence-electron chi connectivity index (χ2n) is 6.73. The Balaban J connectivity index is 1.87. The standard InChI is InChI=1S/C22H26N4O3/c1-4-6-14-25(3)22(28)19-18-9-7-8-15-26(18)20(24-19)21(27)23-16-10-12-17(13-11-16)29-5-2/h7-13,15H,4-6,14H2,1-3H3,(H,23,27). The van der Waals surface area contributed by atoms with E-state index in [0.29, 0.717) is 24.4 Å². The van der Waals surface area contributed by atoms with Gasteiger partial charge in [0.2, 0.25) is 5.82 Å². The van der Waals surface area contributed by atoms with Crippen LogP contribution in [-0.4, -0.2) is 46.3 Å². The van der Waals surface area contributed by atoms with E-state index in [4.69, 9.17) is 4.74 Å². The summed E-state index contributed by atoms with van der Waals surface area (Å²) >= 11 is 0. The van der Waals surface area contributed by atoms with Crippen molar-refractivity contribution < 1.29 is 14.3 Å². The number of aromatic nitrogens is 2. The van der Waals surface area contributed by atoms with Crippen LogP contribution in [0, 0.1) is 0 Å². The van der Waals surface area contributed by atoms with E-state index < -0.39 is 0 Å². The first kappa shape index (κ1) is 20.4. The highest BCUT2D eigenvalue weighted by Crippen LogP contribution is 2.19. The summed E-state index contributed by atoms with van der Waals surface area (Å²) in [6, 6.07) is 12.5. The SMILES string of the molecule is CCCCN(C)C(=O)c1nc(C(=O)Nc2ccc(OCC)cc2)n2ccccc12. The molecule has 7 nitrogen and oxygen atoms in total. The molecule has 0 saturated heterocycles. The van der Waals surface area contributed by atoms with Crippen molar-refractivity contribution in [1.29, 1.82) is 0 Å². The van der Waals surface area contributed by atoms with Gasteiger partial charge in [0.25, 0.3) is 11.8 Å². The molecule has 0 bridgehead atoms. The molecule has 2 heterocycles. The molecule has 152 valence electrons. The van der Waals surface area contributed by atoms with Gasteiger partial charge in [-0.2, -0.15) is 0 Å². The molecule has 29 heavy (non-hydrogen) atoms. The van der Waals surface area contributed by atoms with Crippen LogP contribution in [0.4, 0.5) is 5.69 Å². The van der Waals surface area contributed by atoms with Crippen molar-refractivity contribution in [2.24, 2.45) is 0 Å². The molecule has 0 atom stereocenters. The van der Waals surface area contributed by atoms with Crippen LogP contribution in [0.2, 0.25) is 0 Å². The first-order chi connectivity index (χ1) is 14.0. The summed E-state index contributed by atoms with van der Waals surface area (Å²) < 4.78 is 7.06.